The number of carbonyl (C=O) groups is 3. The van der Waals surface area contributed by atoms with Gasteiger partial charge in [0.15, 0.2) is 0 Å². The van der Waals surface area contributed by atoms with Crippen molar-refractivity contribution < 1.29 is 43.9 Å². The third-order valence-corrected chi connectivity index (χ3v) is 17.2. The van der Waals surface area contributed by atoms with Gasteiger partial charge in [0, 0.05) is 100 Å². The van der Waals surface area contributed by atoms with Crippen LogP contribution in [0.1, 0.15) is 78.1 Å². The van der Waals surface area contributed by atoms with Crippen LogP contribution in [0.5, 0.6) is 0 Å². The van der Waals surface area contributed by atoms with Crippen LogP contribution in [0.25, 0.3) is 0 Å². The Balaban J connectivity index is 1.24. The molecule has 14 atom stereocenters. The first-order valence-electron chi connectivity index (χ1n) is 21.4. The van der Waals surface area contributed by atoms with Crippen molar-refractivity contribution in [1.82, 2.24) is 15.5 Å². The highest BCUT2D eigenvalue weighted by atomic mass is 33.1. The standard InChI is InChI=1S/C42H66N4O9S2/c1-4-25(7-10-48)40(52)55-41(2)8-5-26-22-56-57-23-33-31(18-44-3)20-46(33)37(50)14-30-19-45-36(43)15-32(30)38(26)42(41)17-29-13-27-12-28(11-24(21-49)6-9-47)39(51)53-34(27)16-35(29)54-42/h4-5,24,27-36,38,44-45,47-49H,6-23,43H2,1-3H3. The Labute approximate surface area is 345 Å². The molecule has 0 aromatic carbocycles. The van der Waals surface area contributed by atoms with E-state index in [4.69, 9.17) is 19.9 Å². The molecule has 14 unspecified atom stereocenters. The molecule has 7 N–H and O–H groups in total. The Morgan fingerprint density at radius 1 is 1.14 bits per heavy atom. The monoisotopic (exact) mass is 834 g/mol. The lowest BCUT2D eigenvalue weighted by Crippen LogP contribution is -2.66. The minimum absolute atomic E-state index is 0.0175. The molecule has 2 aliphatic carbocycles. The highest BCUT2D eigenvalue weighted by molar-refractivity contribution is 8.76. The van der Waals surface area contributed by atoms with Gasteiger partial charge in [-0.3, -0.25) is 9.59 Å². The minimum atomic E-state index is -1.08. The van der Waals surface area contributed by atoms with Crippen molar-refractivity contribution in [3.8, 4) is 0 Å². The van der Waals surface area contributed by atoms with Gasteiger partial charge in [0.25, 0.3) is 0 Å². The van der Waals surface area contributed by atoms with Gasteiger partial charge < -0.3 is 50.8 Å². The lowest BCUT2D eigenvalue weighted by Gasteiger charge is -2.57. The average molecular weight is 835 g/mol. The summed E-state index contributed by atoms with van der Waals surface area (Å²) in [6, 6.07) is 0.201. The first-order valence-corrected chi connectivity index (χ1v) is 23.9. The number of rotatable bonds is 11. The van der Waals surface area contributed by atoms with E-state index in [1.165, 1.54) is 5.57 Å². The van der Waals surface area contributed by atoms with Gasteiger partial charge in [0.1, 0.15) is 17.3 Å². The fraction of sp³-hybridized carbons (Fsp3) is 0.833. The molecular formula is C42H66N4O9S2. The van der Waals surface area contributed by atoms with Gasteiger partial charge in [0.2, 0.25) is 5.91 Å². The lowest BCUT2D eigenvalue weighted by atomic mass is 9.56. The number of piperidine rings is 1. The quantitative estimate of drug-likeness (QED) is 0.0771. The molecule has 7 aliphatic rings. The number of ether oxygens (including phenoxy) is 3. The Kier molecular flexibility index (Phi) is 14.1. The van der Waals surface area contributed by atoms with Crippen LogP contribution in [0.3, 0.4) is 0 Å². The van der Waals surface area contributed by atoms with Crippen molar-refractivity contribution in [3.63, 3.8) is 0 Å². The molecule has 1 saturated carbocycles. The number of fused-ring (bicyclic) bond motifs is 7. The molecule has 1 amide bonds. The SMILES string of the molecule is CC=C(CCO)C(=O)OC1(C)CC=C2CSSCC3C(CNC)CN3C(=O)CC3CNC(N)CC3C2C12CC1CC3CC(CC(CO)CCO)C(=O)OC3CC1O2. The van der Waals surface area contributed by atoms with Gasteiger partial charge in [-0.15, -0.1) is 0 Å². The smallest absolute Gasteiger partial charge is 0.334 e. The van der Waals surface area contributed by atoms with Crippen LogP contribution in [0, 0.1) is 47.3 Å². The van der Waals surface area contributed by atoms with Gasteiger partial charge in [-0.2, -0.15) is 0 Å². The number of esters is 2. The predicted octanol–water partition coefficient (Wildman–Crippen LogP) is 2.77. The highest BCUT2D eigenvalue weighted by Gasteiger charge is 2.68. The Hall–Kier alpha value is -1.69. The predicted molar refractivity (Wildman–Crippen MR) is 219 cm³/mol. The molecule has 1 spiro atoms. The third kappa shape index (κ3) is 8.62. The number of aliphatic hydroxyl groups is 3. The van der Waals surface area contributed by atoms with Crippen molar-refractivity contribution in [2.45, 2.75) is 114 Å². The van der Waals surface area contributed by atoms with Gasteiger partial charge >= 0.3 is 11.9 Å². The van der Waals surface area contributed by atoms with E-state index in [2.05, 4.69) is 21.6 Å². The van der Waals surface area contributed by atoms with Gasteiger partial charge in [-0.05, 0) is 89.0 Å². The van der Waals surface area contributed by atoms with Crippen LogP contribution in [-0.4, -0.2) is 132 Å². The van der Waals surface area contributed by atoms with Crippen molar-refractivity contribution >= 4 is 39.4 Å². The second-order valence-electron chi connectivity index (χ2n) is 18.2. The third-order valence-electron chi connectivity index (χ3n) is 14.9. The molecule has 0 bridgehead atoms. The fourth-order valence-corrected chi connectivity index (χ4v) is 14.4. The summed E-state index contributed by atoms with van der Waals surface area (Å²) in [5.41, 5.74) is 6.42. The number of nitrogens with zero attached hydrogens (tertiary/aromatic N) is 1. The maximum atomic E-state index is 14.2. The van der Waals surface area contributed by atoms with Crippen LogP contribution < -0.4 is 16.4 Å². The molecule has 5 heterocycles. The summed E-state index contributed by atoms with van der Waals surface area (Å²) in [6.07, 6.45) is 8.50. The molecule has 57 heavy (non-hydrogen) atoms. The van der Waals surface area contributed by atoms with Crippen LogP contribution >= 0.6 is 21.6 Å². The number of carbonyl (C=O) groups excluding carboxylic acids is 3. The topological polar surface area (TPSA) is 193 Å². The molecule has 0 radical (unpaired) electrons. The van der Waals surface area contributed by atoms with Gasteiger partial charge in [-0.1, -0.05) is 39.3 Å². The molecule has 13 nitrogen and oxygen atoms in total. The summed E-state index contributed by atoms with van der Waals surface area (Å²) in [5, 5.41) is 36.1. The average Bonchev–Trinajstić information content (AvgIpc) is 3.55. The van der Waals surface area contributed by atoms with Crippen LogP contribution in [0.2, 0.25) is 0 Å². The number of hydrogen-bond acceptors (Lipinski definition) is 14. The summed E-state index contributed by atoms with van der Waals surface area (Å²) in [6.45, 7) is 5.77. The Morgan fingerprint density at radius 2 is 1.96 bits per heavy atom. The van der Waals surface area contributed by atoms with Gasteiger partial charge in [0.05, 0.1) is 18.2 Å². The molecule has 0 aromatic heterocycles. The van der Waals surface area contributed by atoms with Gasteiger partial charge in [-0.25, -0.2) is 4.79 Å². The summed E-state index contributed by atoms with van der Waals surface area (Å²) in [5.74, 6) is 1.07. The molecular weight excluding hydrogens is 769 g/mol. The first-order chi connectivity index (χ1) is 27.5. The number of nitrogens with one attached hydrogen (secondary N) is 2. The van der Waals surface area contributed by atoms with E-state index in [9.17, 15) is 29.7 Å². The molecule has 0 aromatic rings. The maximum absolute atomic E-state index is 14.2. The minimum Gasteiger partial charge on any atom is -0.462 e. The first kappa shape index (κ1) is 43.4. The number of hydrogen-bond donors (Lipinski definition) is 6. The molecule has 320 valence electrons. The highest BCUT2D eigenvalue weighted by Crippen LogP contribution is 2.62. The number of aliphatic hydroxyl groups excluding tert-OH is 3. The summed E-state index contributed by atoms with van der Waals surface area (Å²) in [4.78, 5) is 43.8. The van der Waals surface area contributed by atoms with E-state index < -0.39 is 17.2 Å². The maximum Gasteiger partial charge on any atom is 0.334 e. The van der Waals surface area contributed by atoms with Crippen LogP contribution in [0.15, 0.2) is 23.3 Å². The summed E-state index contributed by atoms with van der Waals surface area (Å²) < 4.78 is 20.5. The van der Waals surface area contributed by atoms with E-state index in [0.717, 1.165) is 31.0 Å². The van der Waals surface area contributed by atoms with E-state index in [-0.39, 0.29) is 104 Å². The number of amides is 1. The molecule has 5 aliphatic heterocycles. The van der Waals surface area contributed by atoms with Crippen molar-refractivity contribution in [2.75, 3.05) is 58.0 Å². The zero-order valence-electron chi connectivity index (χ0n) is 33.9. The summed E-state index contributed by atoms with van der Waals surface area (Å²) >= 11 is 0. The number of allylic oxidation sites excluding steroid dienone is 1. The van der Waals surface area contributed by atoms with Crippen LogP contribution in [0.4, 0.5) is 0 Å². The lowest BCUT2D eigenvalue weighted by molar-refractivity contribution is -0.230. The second kappa shape index (κ2) is 18.5. The van der Waals surface area contributed by atoms with Crippen LogP contribution in [-0.2, 0) is 28.6 Å². The molecule has 7 rings (SSSR count). The van der Waals surface area contributed by atoms with Crippen molar-refractivity contribution in [2.24, 2.45) is 53.1 Å². The Bertz CT molecular complexity index is 1540. The van der Waals surface area contributed by atoms with E-state index in [1.807, 2.05) is 35.6 Å². The van der Waals surface area contributed by atoms with Crippen molar-refractivity contribution in [1.29, 1.82) is 0 Å². The second-order valence-corrected chi connectivity index (χ2v) is 20.7. The molecule has 15 heteroatoms. The zero-order chi connectivity index (χ0) is 40.5. The normalized spacial score (nSPS) is 41.5. The number of nitrogens with two attached hydrogens (primary N) is 1. The zero-order valence-corrected chi connectivity index (χ0v) is 35.6. The Morgan fingerprint density at radius 3 is 2.70 bits per heavy atom. The van der Waals surface area contributed by atoms with E-state index in [1.54, 1.807) is 13.0 Å². The molecule has 5 saturated heterocycles. The largest absolute Gasteiger partial charge is 0.462 e. The fourth-order valence-electron chi connectivity index (χ4n) is 11.8. The summed E-state index contributed by atoms with van der Waals surface area (Å²) in [7, 11) is 5.63. The van der Waals surface area contributed by atoms with E-state index >= 15 is 0 Å². The van der Waals surface area contributed by atoms with E-state index in [0.29, 0.717) is 69.4 Å². The molecule has 6 fully saturated rings. The van der Waals surface area contributed by atoms with Crippen molar-refractivity contribution in [3.05, 3.63) is 23.3 Å².